The summed E-state index contributed by atoms with van der Waals surface area (Å²) in [5, 5.41) is 9.19. The van der Waals surface area contributed by atoms with Gasteiger partial charge in [0.2, 0.25) is 0 Å². The molecule has 1 aromatic rings. The van der Waals surface area contributed by atoms with Crippen molar-refractivity contribution < 1.29 is 14.6 Å². The first-order valence-electron chi connectivity index (χ1n) is 6.23. The van der Waals surface area contributed by atoms with E-state index in [9.17, 15) is 9.90 Å². The van der Waals surface area contributed by atoms with Crippen LogP contribution < -0.4 is 5.73 Å². The molecule has 2 atom stereocenters. The van der Waals surface area contributed by atoms with Gasteiger partial charge in [0.1, 0.15) is 0 Å². The van der Waals surface area contributed by atoms with Crippen molar-refractivity contribution in [1.29, 1.82) is 0 Å². The zero-order valence-corrected chi connectivity index (χ0v) is 10.6. The molecule has 0 amide bonds. The number of nitrogens with two attached hydrogens (primary N) is 1. The number of carboxylic acids is 1. The van der Waals surface area contributed by atoms with E-state index in [0.29, 0.717) is 13.2 Å². The third-order valence-corrected chi connectivity index (χ3v) is 3.79. The Labute approximate surface area is 107 Å². The summed E-state index contributed by atoms with van der Waals surface area (Å²) in [5.41, 5.74) is 7.69. The lowest BCUT2D eigenvalue weighted by molar-refractivity contribution is -0.140. The minimum absolute atomic E-state index is 0.0129. The molecule has 1 aliphatic heterocycles. The van der Waals surface area contributed by atoms with E-state index in [4.69, 9.17) is 10.5 Å². The molecule has 2 rings (SSSR count). The van der Waals surface area contributed by atoms with Gasteiger partial charge in [-0.1, -0.05) is 31.2 Å². The number of benzene rings is 1. The number of fused-ring (bicyclic) bond motifs is 1. The van der Waals surface area contributed by atoms with Gasteiger partial charge in [-0.15, -0.1) is 0 Å². The summed E-state index contributed by atoms with van der Waals surface area (Å²) in [4.78, 5) is 11.2. The highest BCUT2D eigenvalue weighted by molar-refractivity contribution is 5.70. The Morgan fingerprint density at radius 3 is 2.94 bits per heavy atom. The van der Waals surface area contributed by atoms with Crippen molar-refractivity contribution in [1.82, 2.24) is 0 Å². The molecule has 0 fully saturated rings. The average Bonchev–Trinajstić information content (AvgIpc) is 2.37. The predicted octanol–water partition coefficient (Wildman–Crippen LogP) is 1.67. The van der Waals surface area contributed by atoms with Crippen LogP contribution in [0.15, 0.2) is 24.3 Å². The zero-order chi connectivity index (χ0) is 13.2. The van der Waals surface area contributed by atoms with E-state index < -0.39 is 11.4 Å². The number of carbonyl (C=O) groups is 1. The number of hydrogen-bond acceptors (Lipinski definition) is 3. The van der Waals surface area contributed by atoms with Crippen LogP contribution in [0.2, 0.25) is 0 Å². The molecule has 2 unspecified atom stereocenters. The predicted molar refractivity (Wildman–Crippen MR) is 68.3 cm³/mol. The van der Waals surface area contributed by atoms with Gasteiger partial charge in [0.25, 0.3) is 0 Å². The molecule has 0 radical (unpaired) electrons. The number of carboxylic acid groups (broad SMARTS) is 1. The van der Waals surface area contributed by atoms with Crippen molar-refractivity contribution in [3.8, 4) is 0 Å². The summed E-state index contributed by atoms with van der Waals surface area (Å²) >= 11 is 0. The molecule has 98 valence electrons. The van der Waals surface area contributed by atoms with Crippen molar-refractivity contribution in [2.24, 2.45) is 5.73 Å². The van der Waals surface area contributed by atoms with Crippen LogP contribution in [-0.4, -0.2) is 23.7 Å². The van der Waals surface area contributed by atoms with E-state index in [-0.39, 0.29) is 12.5 Å². The molecule has 0 aromatic heterocycles. The highest BCUT2D eigenvalue weighted by Gasteiger charge is 2.43. The molecule has 1 heterocycles. The summed E-state index contributed by atoms with van der Waals surface area (Å²) in [6.07, 6.45) is 0.740. The molecule has 0 aliphatic carbocycles. The lowest BCUT2D eigenvalue weighted by atomic mass is 9.69. The molecule has 0 spiro atoms. The maximum atomic E-state index is 11.2. The largest absolute Gasteiger partial charge is 0.481 e. The van der Waals surface area contributed by atoms with Gasteiger partial charge in [-0.05, 0) is 17.5 Å². The summed E-state index contributed by atoms with van der Waals surface area (Å²) in [6.45, 7) is 2.89. The van der Waals surface area contributed by atoms with Gasteiger partial charge in [-0.2, -0.15) is 0 Å². The van der Waals surface area contributed by atoms with Crippen molar-refractivity contribution >= 4 is 5.97 Å². The minimum Gasteiger partial charge on any atom is -0.481 e. The molecule has 1 aliphatic rings. The molecule has 0 saturated heterocycles. The fourth-order valence-corrected chi connectivity index (χ4v) is 2.80. The van der Waals surface area contributed by atoms with E-state index in [1.807, 2.05) is 31.2 Å². The van der Waals surface area contributed by atoms with Crippen LogP contribution in [-0.2, 0) is 21.6 Å². The fraction of sp³-hybridized carbons (Fsp3) is 0.500. The lowest BCUT2D eigenvalue weighted by Gasteiger charge is -2.42. The normalized spacial score (nSPS) is 24.3. The molecule has 0 saturated carbocycles. The molecular formula is C14H19NO3. The molecule has 1 aromatic carbocycles. The minimum atomic E-state index is -0.834. The van der Waals surface area contributed by atoms with Gasteiger partial charge < -0.3 is 15.6 Å². The van der Waals surface area contributed by atoms with Gasteiger partial charge in [0.05, 0.1) is 19.6 Å². The standard InChI is InChI=1S/C14H19NO3/c1-2-12(15)14(7-13(16)17)9-18-8-10-5-3-4-6-11(10)14/h3-6,12H,2,7-9,15H2,1H3,(H,16,17). The van der Waals surface area contributed by atoms with Gasteiger partial charge >= 0.3 is 5.97 Å². The Bertz CT molecular complexity index is 446. The van der Waals surface area contributed by atoms with Crippen LogP contribution in [0.3, 0.4) is 0 Å². The first-order chi connectivity index (χ1) is 8.60. The Morgan fingerprint density at radius 1 is 1.56 bits per heavy atom. The highest BCUT2D eigenvalue weighted by atomic mass is 16.5. The number of hydrogen-bond donors (Lipinski definition) is 2. The van der Waals surface area contributed by atoms with E-state index in [1.54, 1.807) is 0 Å². The third-order valence-electron chi connectivity index (χ3n) is 3.79. The van der Waals surface area contributed by atoms with E-state index in [1.165, 1.54) is 0 Å². The third kappa shape index (κ3) is 2.13. The van der Waals surface area contributed by atoms with Crippen LogP contribution >= 0.6 is 0 Å². The highest BCUT2D eigenvalue weighted by Crippen LogP contribution is 2.38. The Kier molecular flexibility index (Phi) is 3.68. The Balaban J connectivity index is 2.51. The van der Waals surface area contributed by atoms with Crippen LogP contribution in [0.1, 0.15) is 30.9 Å². The van der Waals surface area contributed by atoms with Crippen molar-refractivity contribution in [3.05, 3.63) is 35.4 Å². The maximum Gasteiger partial charge on any atom is 0.304 e. The first-order valence-corrected chi connectivity index (χ1v) is 6.23. The van der Waals surface area contributed by atoms with Crippen molar-refractivity contribution in [2.75, 3.05) is 6.61 Å². The second-order valence-corrected chi connectivity index (χ2v) is 4.89. The van der Waals surface area contributed by atoms with Crippen LogP contribution in [0.25, 0.3) is 0 Å². The Morgan fingerprint density at radius 2 is 2.28 bits per heavy atom. The quantitative estimate of drug-likeness (QED) is 0.851. The summed E-state index contributed by atoms with van der Waals surface area (Å²) < 4.78 is 5.59. The topological polar surface area (TPSA) is 72.6 Å². The van der Waals surface area contributed by atoms with Crippen LogP contribution in [0.5, 0.6) is 0 Å². The molecule has 18 heavy (non-hydrogen) atoms. The second-order valence-electron chi connectivity index (χ2n) is 4.89. The maximum absolute atomic E-state index is 11.2. The molecule has 4 nitrogen and oxygen atoms in total. The van der Waals surface area contributed by atoms with Gasteiger partial charge in [0, 0.05) is 11.5 Å². The van der Waals surface area contributed by atoms with Gasteiger partial charge in [-0.25, -0.2) is 0 Å². The van der Waals surface area contributed by atoms with Crippen molar-refractivity contribution in [2.45, 2.75) is 37.8 Å². The van der Waals surface area contributed by atoms with Crippen molar-refractivity contribution in [3.63, 3.8) is 0 Å². The van der Waals surface area contributed by atoms with Crippen LogP contribution in [0, 0.1) is 0 Å². The van der Waals surface area contributed by atoms with Gasteiger partial charge in [0.15, 0.2) is 0 Å². The first kappa shape index (κ1) is 13.1. The molecular weight excluding hydrogens is 230 g/mol. The lowest BCUT2D eigenvalue weighted by Crippen LogP contribution is -2.52. The summed E-state index contributed by atoms with van der Waals surface area (Å²) in [5.74, 6) is -0.834. The van der Waals surface area contributed by atoms with E-state index in [2.05, 4.69) is 0 Å². The number of aliphatic carboxylic acids is 1. The second kappa shape index (κ2) is 5.08. The SMILES string of the molecule is CCC(N)C1(CC(=O)O)COCc2ccccc21. The van der Waals surface area contributed by atoms with E-state index >= 15 is 0 Å². The van der Waals surface area contributed by atoms with Crippen LogP contribution in [0.4, 0.5) is 0 Å². The molecule has 4 heteroatoms. The molecule has 3 N–H and O–H groups in total. The monoisotopic (exact) mass is 249 g/mol. The summed E-state index contributed by atoms with van der Waals surface area (Å²) in [6, 6.07) is 7.62. The Hall–Kier alpha value is -1.39. The smallest absolute Gasteiger partial charge is 0.304 e. The molecule has 0 bridgehead atoms. The fourth-order valence-electron chi connectivity index (χ4n) is 2.80. The van der Waals surface area contributed by atoms with E-state index in [0.717, 1.165) is 17.5 Å². The van der Waals surface area contributed by atoms with Gasteiger partial charge in [-0.3, -0.25) is 4.79 Å². The number of rotatable bonds is 4. The summed E-state index contributed by atoms with van der Waals surface area (Å²) in [7, 11) is 0. The average molecular weight is 249 g/mol. The number of ether oxygens (including phenoxy) is 1. The zero-order valence-electron chi connectivity index (χ0n) is 10.6.